The van der Waals surface area contributed by atoms with Crippen molar-refractivity contribution >= 4 is 17.1 Å². The molecule has 2 heterocycles. The van der Waals surface area contributed by atoms with Crippen molar-refractivity contribution in [1.29, 1.82) is 0 Å². The molecule has 326 valence electrons. The van der Waals surface area contributed by atoms with E-state index in [0.717, 1.165) is 50.5 Å². The lowest BCUT2D eigenvalue weighted by Crippen LogP contribution is -2.68. The number of allylic oxidation sites excluding steroid dienone is 5. The molecule has 0 bridgehead atoms. The molecule has 2 N–H and O–H groups in total. The first-order chi connectivity index (χ1) is 28.0. The summed E-state index contributed by atoms with van der Waals surface area (Å²) in [6, 6.07) is 1.88. The number of carboxylic acid groups (broad SMARTS) is 1. The van der Waals surface area contributed by atoms with Crippen molar-refractivity contribution < 1.29 is 23.9 Å². The molecule has 1 saturated heterocycles. The van der Waals surface area contributed by atoms with Gasteiger partial charge in [-0.3, -0.25) is 9.69 Å². The van der Waals surface area contributed by atoms with Crippen molar-refractivity contribution in [2.75, 3.05) is 51.4 Å². The lowest BCUT2D eigenvalue weighted by Gasteiger charge is -2.72. The fourth-order valence-electron chi connectivity index (χ4n) is 15.5. The Bertz CT molecular complexity index is 1830. The SMILES string of the molecule is C=C(C)[C@@H]1CC[C@]2(NCCN3CC[S+]([O-])CC3)CC[C@]3(C)[C@H](CC[C@@H]4[C@@]5(C)CC=C(C6=CCC(CCOc7nccc(OC)n7)(C(=O)O)CC6)C(C)(C)[C@@H]5CC[C@]43C)[C@@H]12. The van der Waals surface area contributed by atoms with Gasteiger partial charge in [0.2, 0.25) is 5.88 Å². The number of hydrogen-bond donors (Lipinski definition) is 2. The van der Waals surface area contributed by atoms with E-state index in [1.165, 1.54) is 68.1 Å². The zero-order chi connectivity index (χ0) is 42.0. The second kappa shape index (κ2) is 16.1. The maximum absolute atomic E-state index is 12.8. The number of aliphatic carboxylic acids is 1. The summed E-state index contributed by atoms with van der Waals surface area (Å²) in [5, 5.41) is 14.8. The summed E-state index contributed by atoms with van der Waals surface area (Å²) in [7, 11) is 1.55. The van der Waals surface area contributed by atoms with E-state index in [0.29, 0.717) is 54.7 Å². The number of hydrogen-bond acceptors (Lipinski definition) is 8. The monoisotopic (exact) mass is 831 g/mol. The molecular weight excluding hydrogens is 757 g/mol. The molecule has 5 fully saturated rings. The second-order valence-electron chi connectivity index (χ2n) is 21.5. The standard InChI is InChI=1S/C49H74N4O5S/c1-33(2)35-13-21-49(51-26-27-53-28-31-59(56)32-29-53)23-22-46(6)37(41(35)49)9-10-39-45(5)17-14-36(44(3,4)38(45)15-18-47(39,46)7)34-11-19-48(20-12-34,42(54)55)24-30-58-43-50-25-16-40(52-43)57-8/h11,14,16,25,35,37-39,41,51H,1,9-10,12-13,15,17-24,26-32H2,2-8H3,(H,54,55)/t35-,37+,38-,39+,41+,45-,46+,47+,48?,49-/m0/s1. The van der Waals surface area contributed by atoms with Crippen molar-refractivity contribution in [2.45, 2.75) is 131 Å². The third kappa shape index (κ3) is 7.23. The van der Waals surface area contributed by atoms with Gasteiger partial charge in [-0.2, -0.15) is 4.98 Å². The molecule has 59 heavy (non-hydrogen) atoms. The van der Waals surface area contributed by atoms with Crippen molar-refractivity contribution in [3.63, 3.8) is 0 Å². The molecule has 0 aromatic carbocycles. The van der Waals surface area contributed by atoms with E-state index in [-0.39, 0.29) is 39.8 Å². The first kappa shape index (κ1) is 43.3. The molecule has 1 aromatic heterocycles. The molecule has 4 saturated carbocycles. The van der Waals surface area contributed by atoms with Crippen LogP contribution in [0.4, 0.5) is 0 Å². The minimum atomic E-state index is -0.859. The molecule has 10 atom stereocenters. The average Bonchev–Trinajstić information content (AvgIpc) is 3.59. The van der Waals surface area contributed by atoms with Crippen molar-refractivity contribution in [2.24, 2.45) is 56.7 Å². The fraction of sp³-hybridized carbons (Fsp3) is 0.776. The molecule has 10 heteroatoms. The number of fused-ring (bicyclic) bond motifs is 7. The van der Waals surface area contributed by atoms with Crippen molar-refractivity contribution in [1.82, 2.24) is 20.2 Å². The summed E-state index contributed by atoms with van der Waals surface area (Å²) in [5.41, 5.74) is 4.39. The van der Waals surface area contributed by atoms with Crippen LogP contribution in [0.2, 0.25) is 0 Å². The Labute approximate surface area is 358 Å². The van der Waals surface area contributed by atoms with Gasteiger partial charge in [-0.05, 0) is 153 Å². The molecule has 1 aromatic rings. The van der Waals surface area contributed by atoms with E-state index < -0.39 is 22.6 Å². The maximum atomic E-state index is 12.8. The zero-order valence-corrected chi connectivity index (χ0v) is 38.2. The first-order valence-corrected chi connectivity index (χ1v) is 24.6. The molecule has 9 nitrogen and oxygen atoms in total. The van der Waals surface area contributed by atoms with Gasteiger partial charge in [-0.15, -0.1) is 0 Å². The molecule has 8 rings (SSSR count). The molecule has 7 aliphatic rings. The topological polar surface area (TPSA) is 120 Å². The highest BCUT2D eigenvalue weighted by Crippen LogP contribution is 2.76. The largest absolute Gasteiger partial charge is 0.616 e. The normalized spacial score (nSPS) is 40.7. The number of nitrogens with zero attached hydrogens (tertiary/aromatic N) is 3. The van der Waals surface area contributed by atoms with Gasteiger partial charge < -0.3 is 24.4 Å². The van der Waals surface area contributed by atoms with E-state index in [9.17, 15) is 14.5 Å². The van der Waals surface area contributed by atoms with Crippen LogP contribution in [0.1, 0.15) is 125 Å². The molecule has 0 spiro atoms. The smallest absolute Gasteiger partial charge is 0.319 e. The first-order valence-electron chi connectivity index (χ1n) is 23.1. The summed E-state index contributed by atoms with van der Waals surface area (Å²) in [4.78, 5) is 23.8. The molecule has 6 aliphatic carbocycles. The van der Waals surface area contributed by atoms with Gasteiger partial charge in [-0.25, -0.2) is 4.98 Å². The van der Waals surface area contributed by atoms with Crippen LogP contribution in [0.5, 0.6) is 11.9 Å². The van der Waals surface area contributed by atoms with Crippen LogP contribution in [0.15, 0.2) is 47.7 Å². The maximum Gasteiger partial charge on any atom is 0.319 e. The summed E-state index contributed by atoms with van der Waals surface area (Å²) < 4.78 is 23.0. The minimum absolute atomic E-state index is 0.0134. The number of nitrogens with one attached hydrogen (secondary N) is 1. The zero-order valence-electron chi connectivity index (χ0n) is 37.4. The predicted octanol–water partition coefficient (Wildman–Crippen LogP) is 9.04. The van der Waals surface area contributed by atoms with Crippen LogP contribution in [0, 0.1) is 56.7 Å². The Morgan fingerprint density at radius 1 is 1.00 bits per heavy atom. The number of carboxylic acids is 1. The lowest BCUT2D eigenvalue weighted by atomic mass is 9.33. The average molecular weight is 831 g/mol. The molecule has 0 amide bonds. The van der Waals surface area contributed by atoms with Gasteiger partial charge in [-0.1, -0.05) is 70.1 Å². The van der Waals surface area contributed by atoms with Crippen LogP contribution >= 0.6 is 0 Å². The van der Waals surface area contributed by atoms with Crippen LogP contribution in [0.25, 0.3) is 0 Å². The van der Waals surface area contributed by atoms with Gasteiger partial charge >= 0.3 is 12.0 Å². The minimum Gasteiger partial charge on any atom is -0.616 e. The van der Waals surface area contributed by atoms with Gasteiger partial charge in [0.05, 0.1) is 19.1 Å². The second-order valence-corrected chi connectivity index (χ2v) is 23.2. The Morgan fingerprint density at radius 2 is 1.78 bits per heavy atom. The van der Waals surface area contributed by atoms with Crippen LogP contribution in [0.3, 0.4) is 0 Å². The van der Waals surface area contributed by atoms with E-state index in [2.05, 4.69) is 80.5 Å². The summed E-state index contributed by atoms with van der Waals surface area (Å²) >= 11 is -0.632. The molecule has 0 radical (unpaired) electrons. The van der Waals surface area contributed by atoms with E-state index in [1.807, 2.05) is 0 Å². The quantitative estimate of drug-likeness (QED) is 0.157. The van der Waals surface area contributed by atoms with Crippen LogP contribution in [-0.4, -0.2) is 87.4 Å². The highest BCUT2D eigenvalue weighted by Gasteiger charge is 2.70. The Morgan fingerprint density at radius 3 is 2.47 bits per heavy atom. The number of carbonyl (C=O) groups is 1. The molecule has 1 aliphatic heterocycles. The summed E-state index contributed by atoms with van der Waals surface area (Å²) in [6.45, 7) is 24.4. The fourth-order valence-corrected chi connectivity index (χ4v) is 16.6. The Hall–Kier alpha value is -2.40. The summed E-state index contributed by atoms with van der Waals surface area (Å²) in [5.74, 6) is 4.52. The van der Waals surface area contributed by atoms with Gasteiger partial charge in [0.25, 0.3) is 0 Å². The number of ether oxygens (including phenoxy) is 2. The van der Waals surface area contributed by atoms with Crippen molar-refractivity contribution in [3.05, 3.63) is 47.7 Å². The van der Waals surface area contributed by atoms with E-state index >= 15 is 0 Å². The molecule has 1 unspecified atom stereocenters. The third-order valence-corrected chi connectivity index (χ3v) is 20.1. The molecular formula is C49H74N4O5S. The lowest BCUT2D eigenvalue weighted by molar-refractivity contribution is -0.221. The Balaban J connectivity index is 0.988. The van der Waals surface area contributed by atoms with Gasteiger partial charge in [0.1, 0.15) is 11.5 Å². The Kier molecular flexibility index (Phi) is 11.8. The predicted molar refractivity (Wildman–Crippen MR) is 236 cm³/mol. The highest BCUT2D eigenvalue weighted by atomic mass is 32.2. The van der Waals surface area contributed by atoms with Crippen LogP contribution in [-0.2, 0) is 16.0 Å². The third-order valence-electron chi connectivity index (χ3n) is 18.9. The van der Waals surface area contributed by atoms with E-state index in [1.54, 1.807) is 19.4 Å². The number of rotatable bonds is 12. The number of aromatic nitrogens is 2. The van der Waals surface area contributed by atoms with Gasteiger partial charge in [0.15, 0.2) is 0 Å². The van der Waals surface area contributed by atoms with Crippen LogP contribution < -0.4 is 14.8 Å². The van der Waals surface area contributed by atoms with Gasteiger partial charge in [0, 0.05) is 44.0 Å². The van der Waals surface area contributed by atoms with Crippen molar-refractivity contribution in [3.8, 4) is 11.9 Å². The number of methoxy groups -OCH3 is 1. The highest BCUT2D eigenvalue weighted by molar-refractivity contribution is 7.91. The summed E-state index contributed by atoms with van der Waals surface area (Å²) in [6.07, 6.45) is 20.2. The van der Waals surface area contributed by atoms with E-state index in [4.69, 9.17) is 9.47 Å².